The number of hydrogen-bond donors (Lipinski definition) is 2. The Labute approximate surface area is 132 Å². The molecule has 2 rings (SSSR count). The van der Waals surface area contributed by atoms with Crippen LogP contribution in [0.2, 0.25) is 0 Å². The third-order valence-corrected chi connectivity index (χ3v) is 4.25. The molecule has 0 aliphatic heterocycles. The number of carbonyl (C=O) groups is 1. The molecule has 1 aliphatic rings. The first-order valence-electron chi connectivity index (χ1n) is 7.88. The standard InChI is InChI=1S/C17H26N2O3/c1-21-15-7-6-12(10-16(15)22-2)8-9-19-17(20)13-4-3-5-14(18)11-13/h6-7,10,13-14H,3-5,8-9,11,18H2,1-2H3,(H,19,20). The van der Waals surface area contributed by atoms with Gasteiger partial charge >= 0.3 is 0 Å². The molecule has 1 amide bonds. The lowest BCUT2D eigenvalue weighted by atomic mass is 9.85. The Balaban J connectivity index is 1.82. The van der Waals surface area contributed by atoms with Crippen LogP contribution in [0.3, 0.4) is 0 Å². The molecule has 1 aromatic rings. The monoisotopic (exact) mass is 306 g/mol. The number of carbonyl (C=O) groups excluding carboxylic acids is 1. The van der Waals surface area contributed by atoms with E-state index in [0.29, 0.717) is 18.0 Å². The van der Waals surface area contributed by atoms with Crippen LogP contribution < -0.4 is 20.5 Å². The molecule has 5 nitrogen and oxygen atoms in total. The Bertz CT molecular complexity index is 505. The Morgan fingerprint density at radius 1 is 1.27 bits per heavy atom. The summed E-state index contributed by atoms with van der Waals surface area (Å²) in [5.41, 5.74) is 7.05. The molecule has 1 aromatic carbocycles. The van der Waals surface area contributed by atoms with Crippen LogP contribution >= 0.6 is 0 Å². The van der Waals surface area contributed by atoms with Crippen molar-refractivity contribution in [3.05, 3.63) is 23.8 Å². The Morgan fingerprint density at radius 3 is 2.73 bits per heavy atom. The highest BCUT2D eigenvalue weighted by Crippen LogP contribution is 2.27. The summed E-state index contributed by atoms with van der Waals surface area (Å²) in [6, 6.07) is 6.00. The van der Waals surface area contributed by atoms with Gasteiger partial charge in [-0.25, -0.2) is 0 Å². The summed E-state index contributed by atoms with van der Waals surface area (Å²) < 4.78 is 10.5. The first-order valence-corrected chi connectivity index (χ1v) is 7.88. The van der Waals surface area contributed by atoms with Crippen LogP contribution in [0.25, 0.3) is 0 Å². The Hall–Kier alpha value is -1.75. The van der Waals surface area contributed by atoms with E-state index in [1.54, 1.807) is 14.2 Å². The maximum atomic E-state index is 12.1. The highest BCUT2D eigenvalue weighted by atomic mass is 16.5. The zero-order valence-electron chi connectivity index (χ0n) is 13.4. The van der Waals surface area contributed by atoms with Crippen molar-refractivity contribution in [3.63, 3.8) is 0 Å². The first-order chi connectivity index (χ1) is 10.6. The summed E-state index contributed by atoms with van der Waals surface area (Å²) in [7, 11) is 3.24. The van der Waals surface area contributed by atoms with Gasteiger partial charge in [0, 0.05) is 18.5 Å². The number of benzene rings is 1. The van der Waals surface area contributed by atoms with E-state index in [0.717, 1.165) is 37.7 Å². The van der Waals surface area contributed by atoms with Crippen LogP contribution in [0, 0.1) is 5.92 Å². The number of nitrogens with one attached hydrogen (secondary N) is 1. The summed E-state index contributed by atoms with van der Waals surface area (Å²) in [6.45, 7) is 0.625. The molecule has 0 spiro atoms. The van der Waals surface area contributed by atoms with Gasteiger partial charge in [0.25, 0.3) is 0 Å². The molecule has 0 saturated heterocycles. The van der Waals surface area contributed by atoms with Crippen molar-refractivity contribution in [1.29, 1.82) is 0 Å². The SMILES string of the molecule is COc1ccc(CCNC(=O)C2CCCC(N)C2)cc1OC. The fourth-order valence-corrected chi connectivity index (χ4v) is 2.98. The smallest absolute Gasteiger partial charge is 0.223 e. The molecule has 2 atom stereocenters. The quantitative estimate of drug-likeness (QED) is 0.841. The van der Waals surface area contributed by atoms with E-state index in [-0.39, 0.29) is 17.9 Å². The predicted octanol–water partition coefficient (Wildman–Crippen LogP) is 1.88. The molecular formula is C17H26N2O3. The minimum absolute atomic E-state index is 0.0779. The normalized spacial score (nSPS) is 21.2. The molecule has 0 heterocycles. The summed E-state index contributed by atoms with van der Waals surface area (Å²) >= 11 is 0. The van der Waals surface area contributed by atoms with E-state index in [1.807, 2.05) is 18.2 Å². The number of ether oxygens (including phenoxy) is 2. The molecule has 2 unspecified atom stereocenters. The lowest BCUT2D eigenvalue weighted by molar-refractivity contribution is -0.126. The van der Waals surface area contributed by atoms with Gasteiger partial charge < -0.3 is 20.5 Å². The molecule has 1 fully saturated rings. The highest BCUT2D eigenvalue weighted by molar-refractivity contribution is 5.78. The van der Waals surface area contributed by atoms with Crippen molar-refractivity contribution in [3.8, 4) is 11.5 Å². The van der Waals surface area contributed by atoms with Crippen LogP contribution in [-0.2, 0) is 11.2 Å². The van der Waals surface area contributed by atoms with Crippen molar-refractivity contribution in [1.82, 2.24) is 5.32 Å². The first kappa shape index (κ1) is 16.6. The van der Waals surface area contributed by atoms with E-state index in [4.69, 9.17) is 15.2 Å². The van der Waals surface area contributed by atoms with Crippen LogP contribution in [0.1, 0.15) is 31.2 Å². The number of hydrogen-bond acceptors (Lipinski definition) is 4. The maximum Gasteiger partial charge on any atom is 0.223 e. The molecule has 0 aromatic heterocycles. The van der Waals surface area contributed by atoms with Gasteiger partial charge in [-0.05, 0) is 43.4 Å². The molecule has 5 heteroatoms. The van der Waals surface area contributed by atoms with Crippen molar-refractivity contribution in [2.75, 3.05) is 20.8 Å². The summed E-state index contributed by atoms with van der Waals surface area (Å²) in [6.07, 6.45) is 4.62. The summed E-state index contributed by atoms with van der Waals surface area (Å²) in [5, 5.41) is 3.02. The van der Waals surface area contributed by atoms with Gasteiger partial charge in [-0.3, -0.25) is 4.79 Å². The fourth-order valence-electron chi connectivity index (χ4n) is 2.98. The fraction of sp³-hybridized carbons (Fsp3) is 0.588. The van der Waals surface area contributed by atoms with Gasteiger partial charge in [0.05, 0.1) is 14.2 Å². The zero-order chi connectivity index (χ0) is 15.9. The zero-order valence-corrected chi connectivity index (χ0v) is 13.4. The van der Waals surface area contributed by atoms with Gasteiger partial charge in [0.15, 0.2) is 11.5 Å². The minimum Gasteiger partial charge on any atom is -0.493 e. The van der Waals surface area contributed by atoms with Crippen LogP contribution in [-0.4, -0.2) is 32.7 Å². The molecule has 22 heavy (non-hydrogen) atoms. The molecular weight excluding hydrogens is 280 g/mol. The van der Waals surface area contributed by atoms with Gasteiger partial charge in [-0.1, -0.05) is 12.5 Å². The second-order valence-corrected chi connectivity index (χ2v) is 5.85. The van der Waals surface area contributed by atoms with Crippen molar-refractivity contribution in [2.45, 2.75) is 38.1 Å². The molecule has 1 saturated carbocycles. The van der Waals surface area contributed by atoms with E-state index in [1.165, 1.54) is 0 Å². The third-order valence-electron chi connectivity index (χ3n) is 4.25. The van der Waals surface area contributed by atoms with Gasteiger partial charge in [-0.2, -0.15) is 0 Å². The lowest BCUT2D eigenvalue weighted by Gasteiger charge is -2.25. The largest absolute Gasteiger partial charge is 0.493 e. The highest BCUT2D eigenvalue weighted by Gasteiger charge is 2.24. The third kappa shape index (κ3) is 4.37. The molecule has 0 radical (unpaired) electrons. The Morgan fingerprint density at radius 2 is 2.05 bits per heavy atom. The van der Waals surface area contributed by atoms with Crippen LogP contribution in [0.5, 0.6) is 11.5 Å². The van der Waals surface area contributed by atoms with E-state index >= 15 is 0 Å². The summed E-state index contributed by atoms with van der Waals surface area (Å²) in [4.78, 5) is 12.1. The average molecular weight is 306 g/mol. The van der Waals surface area contributed by atoms with E-state index in [2.05, 4.69) is 5.32 Å². The number of amides is 1. The Kier molecular flexibility index (Phi) is 6.07. The van der Waals surface area contributed by atoms with Crippen LogP contribution in [0.4, 0.5) is 0 Å². The predicted molar refractivity (Wildman–Crippen MR) is 86.2 cm³/mol. The molecule has 122 valence electrons. The van der Waals surface area contributed by atoms with Crippen molar-refractivity contribution in [2.24, 2.45) is 11.7 Å². The van der Waals surface area contributed by atoms with Crippen LogP contribution in [0.15, 0.2) is 18.2 Å². The van der Waals surface area contributed by atoms with Gasteiger partial charge in [0.2, 0.25) is 5.91 Å². The van der Waals surface area contributed by atoms with Gasteiger partial charge in [-0.15, -0.1) is 0 Å². The average Bonchev–Trinajstić information content (AvgIpc) is 2.54. The maximum absolute atomic E-state index is 12.1. The molecule has 1 aliphatic carbocycles. The van der Waals surface area contributed by atoms with E-state index in [9.17, 15) is 4.79 Å². The number of rotatable bonds is 6. The minimum atomic E-state index is 0.0779. The van der Waals surface area contributed by atoms with Crippen molar-refractivity contribution < 1.29 is 14.3 Å². The molecule has 0 bridgehead atoms. The topological polar surface area (TPSA) is 73.6 Å². The lowest BCUT2D eigenvalue weighted by Crippen LogP contribution is -2.38. The number of methoxy groups -OCH3 is 2. The van der Waals surface area contributed by atoms with Crippen molar-refractivity contribution >= 4 is 5.91 Å². The number of nitrogens with two attached hydrogens (primary N) is 1. The van der Waals surface area contributed by atoms with E-state index < -0.39 is 0 Å². The molecule has 3 N–H and O–H groups in total. The summed E-state index contributed by atoms with van der Waals surface area (Å²) in [5.74, 6) is 1.64. The second-order valence-electron chi connectivity index (χ2n) is 5.85. The second kappa shape index (κ2) is 8.03. The van der Waals surface area contributed by atoms with Gasteiger partial charge in [0.1, 0.15) is 0 Å².